The number of aryl methyl sites for hydroxylation is 1. The first-order chi connectivity index (χ1) is 9.07. The van der Waals surface area contributed by atoms with E-state index in [4.69, 9.17) is 0 Å². The normalized spacial score (nSPS) is 22.5. The fourth-order valence-corrected chi connectivity index (χ4v) is 3.31. The number of carbonyl (C=O) groups excluding carboxylic acids is 1. The van der Waals surface area contributed by atoms with Crippen LogP contribution >= 0.6 is 15.9 Å². The molecule has 2 rings (SSSR count). The summed E-state index contributed by atoms with van der Waals surface area (Å²) in [5.41, 5.74) is 1.64. The molecule has 1 saturated heterocycles. The van der Waals surface area contributed by atoms with Crippen LogP contribution in [0.5, 0.6) is 0 Å². The van der Waals surface area contributed by atoms with E-state index in [9.17, 15) is 4.79 Å². The van der Waals surface area contributed by atoms with Crippen molar-refractivity contribution in [1.82, 2.24) is 5.32 Å². The highest BCUT2D eigenvalue weighted by Gasteiger charge is 2.39. The molecule has 19 heavy (non-hydrogen) atoms. The summed E-state index contributed by atoms with van der Waals surface area (Å²) in [6, 6.07) is 5.98. The second-order valence-electron chi connectivity index (χ2n) is 5.30. The number of hydrogen-bond acceptors (Lipinski definition) is 2. The van der Waals surface area contributed by atoms with Gasteiger partial charge in [-0.2, -0.15) is 0 Å². The molecule has 3 nitrogen and oxygen atoms in total. The van der Waals surface area contributed by atoms with Crippen molar-refractivity contribution in [3.8, 4) is 0 Å². The Balaban J connectivity index is 2.15. The van der Waals surface area contributed by atoms with Crippen molar-refractivity contribution in [3.05, 3.63) is 28.2 Å². The second kappa shape index (κ2) is 6.06. The molecule has 1 aliphatic heterocycles. The van der Waals surface area contributed by atoms with E-state index < -0.39 is 0 Å². The van der Waals surface area contributed by atoms with Crippen LogP contribution in [0.3, 0.4) is 0 Å². The minimum atomic E-state index is -0.376. The van der Waals surface area contributed by atoms with Crippen LogP contribution in [0.25, 0.3) is 0 Å². The Hall–Kier alpha value is -0.870. The molecule has 104 valence electrons. The Bertz CT molecular complexity index is 467. The number of rotatable bonds is 4. The van der Waals surface area contributed by atoms with Gasteiger partial charge in [-0.1, -0.05) is 19.4 Å². The van der Waals surface area contributed by atoms with Crippen LogP contribution in [0.15, 0.2) is 22.7 Å². The maximum Gasteiger partial charge on any atom is 0.244 e. The van der Waals surface area contributed by atoms with E-state index in [0.29, 0.717) is 0 Å². The Morgan fingerprint density at radius 3 is 2.89 bits per heavy atom. The molecule has 0 aromatic heterocycles. The summed E-state index contributed by atoms with van der Waals surface area (Å²) in [4.78, 5) is 12.6. The third-order valence-corrected chi connectivity index (χ3v) is 4.38. The van der Waals surface area contributed by atoms with Crippen LogP contribution in [-0.4, -0.2) is 18.0 Å². The molecule has 1 atom stereocenters. The summed E-state index contributed by atoms with van der Waals surface area (Å²) in [6.45, 7) is 5.09. The van der Waals surface area contributed by atoms with Crippen LogP contribution in [-0.2, 0) is 4.79 Å². The summed E-state index contributed by atoms with van der Waals surface area (Å²) < 4.78 is 0.936. The van der Waals surface area contributed by atoms with Gasteiger partial charge in [0.2, 0.25) is 5.91 Å². The SMILES string of the molecule is CCCC1(C(=O)Nc2ccc(C)cc2Br)CCCN1. The highest BCUT2D eigenvalue weighted by molar-refractivity contribution is 9.10. The van der Waals surface area contributed by atoms with Gasteiger partial charge in [0.15, 0.2) is 0 Å². The maximum absolute atomic E-state index is 12.6. The highest BCUT2D eigenvalue weighted by atomic mass is 79.9. The number of carbonyl (C=O) groups is 1. The Kier molecular flexibility index (Phi) is 4.63. The van der Waals surface area contributed by atoms with E-state index in [2.05, 4.69) is 33.5 Å². The molecule has 0 saturated carbocycles. The van der Waals surface area contributed by atoms with E-state index in [-0.39, 0.29) is 11.4 Å². The first-order valence-electron chi connectivity index (χ1n) is 6.90. The van der Waals surface area contributed by atoms with Gasteiger partial charge in [-0.15, -0.1) is 0 Å². The molecule has 0 bridgehead atoms. The van der Waals surface area contributed by atoms with Crippen molar-refractivity contribution < 1.29 is 4.79 Å². The molecular formula is C15H21BrN2O. The fraction of sp³-hybridized carbons (Fsp3) is 0.533. The third kappa shape index (κ3) is 3.18. The first-order valence-corrected chi connectivity index (χ1v) is 7.69. The van der Waals surface area contributed by atoms with Crippen molar-refractivity contribution in [2.75, 3.05) is 11.9 Å². The lowest BCUT2D eigenvalue weighted by Gasteiger charge is -2.28. The van der Waals surface area contributed by atoms with Crippen molar-refractivity contribution in [1.29, 1.82) is 0 Å². The summed E-state index contributed by atoms with van der Waals surface area (Å²) >= 11 is 3.51. The topological polar surface area (TPSA) is 41.1 Å². The van der Waals surface area contributed by atoms with E-state index in [1.54, 1.807) is 0 Å². The van der Waals surface area contributed by atoms with Crippen LogP contribution in [0.2, 0.25) is 0 Å². The minimum Gasteiger partial charge on any atom is -0.323 e. The zero-order valence-electron chi connectivity index (χ0n) is 11.6. The number of hydrogen-bond donors (Lipinski definition) is 2. The van der Waals surface area contributed by atoms with Gasteiger partial charge in [0.25, 0.3) is 0 Å². The quantitative estimate of drug-likeness (QED) is 0.888. The van der Waals surface area contributed by atoms with Gasteiger partial charge in [0.1, 0.15) is 0 Å². The molecule has 1 amide bonds. The lowest BCUT2D eigenvalue weighted by atomic mass is 9.91. The predicted molar refractivity (Wildman–Crippen MR) is 82.4 cm³/mol. The molecule has 1 fully saturated rings. The van der Waals surface area contributed by atoms with Crippen molar-refractivity contribution >= 4 is 27.5 Å². The van der Waals surface area contributed by atoms with Gasteiger partial charge in [-0.05, 0) is 66.4 Å². The number of benzene rings is 1. The molecule has 1 aromatic carbocycles. The first kappa shape index (κ1) is 14.5. The maximum atomic E-state index is 12.6. The van der Waals surface area contributed by atoms with Gasteiger partial charge >= 0.3 is 0 Å². The molecule has 0 spiro atoms. The zero-order chi connectivity index (χ0) is 13.9. The van der Waals surface area contributed by atoms with Crippen LogP contribution in [0.4, 0.5) is 5.69 Å². The average Bonchev–Trinajstić information content (AvgIpc) is 2.83. The molecule has 0 aliphatic carbocycles. The third-order valence-electron chi connectivity index (χ3n) is 3.73. The van der Waals surface area contributed by atoms with Gasteiger partial charge < -0.3 is 10.6 Å². The number of anilines is 1. The minimum absolute atomic E-state index is 0.0939. The van der Waals surface area contributed by atoms with Gasteiger partial charge in [0.05, 0.1) is 11.2 Å². The van der Waals surface area contributed by atoms with Crippen LogP contribution < -0.4 is 10.6 Å². The number of halogens is 1. The van der Waals surface area contributed by atoms with E-state index in [1.807, 2.05) is 25.1 Å². The Morgan fingerprint density at radius 1 is 1.53 bits per heavy atom. The summed E-state index contributed by atoms with van der Waals surface area (Å²) in [6.07, 6.45) is 3.90. The summed E-state index contributed by atoms with van der Waals surface area (Å²) in [5, 5.41) is 6.45. The molecule has 0 radical (unpaired) electrons. The summed E-state index contributed by atoms with van der Waals surface area (Å²) in [7, 11) is 0. The zero-order valence-corrected chi connectivity index (χ0v) is 13.1. The molecular weight excluding hydrogens is 304 g/mol. The molecule has 1 aromatic rings. The van der Waals surface area contributed by atoms with E-state index in [0.717, 1.165) is 42.4 Å². The fourth-order valence-electron chi connectivity index (χ4n) is 2.72. The number of amides is 1. The standard InChI is InChI=1S/C15H21BrN2O/c1-3-7-15(8-4-9-17-15)14(19)18-13-6-5-11(2)10-12(13)16/h5-6,10,17H,3-4,7-9H2,1-2H3,(H,18,19). The molecule has 1 heterocycles. The average molecular weight is 325 g/mol. The second-order valence-corrected chi connectivity index (χ2v) is 6.15. The Labute approximate surface area is 123 Å². The van der Waals surface area contributed by atoms with Gasteiger partial charge in [0, 0.05) is 4.47 Å². The highest BCUT2D eigenvalue weighted by Crippen LogP contribution is 2.29. The number of nitrogens with one attached hydrogen (secondary N) is 2. The molecule has 4 heteroatoms. The van der Waals surface area contributed by atoms with Gasteiger partial charge in [-0.25, -0.2) is 0 Å². The smallest absolute Gasteiger partial charge is 0.244 e. The monoisotopic (exact) mass is 324 g/mol. The Morgan fingerprint density at radius 2 is 2.32 bits per heavy atom. The van der Waals surface area contributed by atoms with Crippen molar-refractivity contribution in [3.63, 3.8) is 0 Å². The molecule has 2 N–H and O–H groups in total. The molecule has 1 unspecified atom stereocenters. The molecule has 1 aliphatic rings. The van der Waals surface area contributed by atoms with E-state index in [1.165, 1.54) is 5.56 Å². The van der Waals surface area contributed by atoms with Crippen molar-refractivity contribution in [2.24, 2.45) is 0 Å². The van der Waals surface area contributed by atoms with Crippen molar-refractivity contribution in [2.45, 2.75) is 45.1 Å². The van der Waals surface area contributed by atoms with Crippen LogP contribution in [0, 0.1) is 6.92 Å². The lowest BCUT2D eigenvalue weighted by Crippen LogP contribution is -2.50. The van der Waals surface area contributed by atoms with E-state index >= 15 is 0 Å². The largest absolute Gasteiger partial charge is 0.323 e. The van der Waals surface area contributed by atoms with Gasteiger partial charge in [-0.3, -0.25) is 4.79 Å². The predicted octanol–water partition coefficient (Wildman–Crippen LogP) is 3.62. The van der Waals surface area contributed by atoms with Crippen LogP contribution in [0.1, 0.15) is 38.2 Å². The lowest BCUT2D eigenvalue weighted by molar-refractivity contribution is -0.122. The summed E-state index contributed by atoms with van der Waals surface area (Å²) in [5.74, 6) is 0.0939.